The normalized spacial score (nSPS) is 27.3. The number of nitrogens with two attached hydrogens (primary N) is 1. The largest absolute Gasteiger partial charge is 0.444 e. The second-order valence-corrected chi connectivity index (χ2v) is 10.6. The second-order valence-electron chi connectivity index (χ2n) is 7.58. The number of benzene rings is 1. The molecule has 0 aliphatic carbocycles. The monoisotopic (exact) mass is 450 g/mol. The third kappa shape index (κ3) is 4.20. The number of nitrogens with zero attached hydrogens (tertiary/aromatic N) is 1. The van der Waals surface area contributed by atoms with Crippen LogP contribution in [-0.4, -0.2) is 48.6 Å². The van der Waals surface area contributed by atoms with Gasteiger partial charge in [0.15, 0.2) is 9.84 Å². The quantitative estimate of drug-likeness (QED) is 0.746. The lowest BCUT2D eigenvalue weighted by Gasteiger charge is -2.47. The number of alkyl halides is 1. The molecule has 1 aliphatic rings. The van der Waals surface area contributed by atoms with Crippen LogP contribution in [0.4, 0.5) is 9.18 Å². The van der Waals surface area contributed by atoms with E-state index < -0.39 is 38.6 Å². The van der Waals surface area contributed by atoms with Gasteiger partial charge in [0.25, 0.3) is 0 Å². The van der Waals surface area contributed by atoms with Gasteiger partial charge < -0.3 is 10.5 Å². The van der Waals surface area contributed by atoms with Gasteiger partial charge in [0.1, 0.15) is 22.7 Å². The summed E-state index contributed by atoms with van der Waals surface area (Å²) in [7, 11) is -4.12. The van der Waals surface area contributed by atoms with E-state index in [4.69, 9.17) is 10.5 Å². The van der Waals surface area contributed by atoms with Crippen molar-refractivity contribution in [3.8, 4) is 0 Å². The number of rotatable bonds is 2. The number of piperidine rings is 1. The number of hydrogen-bond acceptors (Lipinski definition) is 5. The van der Waals surface area contributed by atoms with Crippen LogP contribution in [0, 0.1) is 0 Å². The van der Waals surface area contributed by atoms with Crippen LogP contribution in [0.1, 0.15) is 34.1 Å². The molecule has 0 saturated carbocycles. The summed E-state index contributed by atoms with van der Waals surface area (Å²) < 4.78 is 46.9. The Labute approximate surface area is 161 Å². The van der Waals surface area contributed by atoms with Crippen molar-refractivity contribution in [3.05, 3.63) is 28.7 Å². The van der Waals surface area contributed by atoms with E-state index in [0.29, 0.717) is 4.47 Å². The number of carbonyl (C=O) groups excluding carboxylic acids is 1. The van der Waals surface area contributed by atoms with E-state index in [-0.39, 0.29) is 17.9 Å². The van der Waals surface area contributed by atoms with Crippen LogP contribution in [0.5, 0.6) is 0 Å². The summed E-state index contributed by atoms with van der Waals surface area (Å²) in [4.78, 5) is 13.6. The first kappa shape index (κ1) is 21.1. The minimum Gasteiger partial charge on any atom is -0.444 e. The highest BCUT2D eigenvalue weighted by Crippen LogP contribution is 2.36. The molecule has 1 heterocycles. The van der Waals surface area contributed by atoms with Gasteiger partial charge in [-0.05, 0) is 58.4 Å². The maximum atomic E-state index is 14.7. The van der Waals surface area contributed by atoms with Gasteiger partial charge in [0.05, 0.1) is 4.90 Å². The molecular weight excluding hydrogens is 427 g/mol. The van der Waals surface area contributed by atoms with Crippen molar-refractivity contribution in [2.45, 2.75) is 61.7 Å². The molecule has 1 aliphatic heterocycles. The molecule has 1 aromatic carbocycles. The predicted molar refractivity (Wildman–Crippen MR) is 100 cm³/mol. The number of likely N-dealkylation sites (tertiary alicyclic amines) is 1. The Kier molecular flexibility index (Phi) is 5.76. The molecule has 0 aromatic heterocycles. The molecule has 1 amide bonds. The molecule has 26 heavy (non-hydrogen) atoms. The lowest BCUT2D eigenvalue weighted by Crippen LogP contribution is -2.71. The summed E-state index contributed by atoms with van der Waals surface area (Å²) in [6.45, 7) is 6.41. The number of hydrogen-bond donors (Lipinski definition) is 1. The van der Waals surface area contributed by atoms with Crippen LogP contribution in [-0.2, 0) is 14.6 Å². The molecule has 146 valence electrons. The van der Waals surface area contributed by atoms with E-state index in [2.05, 4.69) is 15.9 Å². The highest BCUT2D eigenvalue weighted by Gasteiger charge is 2.54. The summed E-state index contributed by atoms with van der Waals surface area (Å²) in [6.07, 6.45) is -2.59. The van der Waals surface area contributed by atoms with Crippen LogP contribution in [0.2, 0.25) is 0 Å². The van der Waals surface area contributed by atoms with Gasteiger partial charge in [-0.2, -0.15) is 0 Å². The molecule has 3 unspecified atom stereocenters. The Morgan fingerprint density at radius 3 is 2.38 bits per heavy atom. The van der Waals surface area contributed by atoms with Gasteiger partial charge in [-0.15, -0.1) is 0 Å². The topological polar surface area (TPSA) is 89.7 Å². The SMILES string of the molecule is CC(C)(C)OC(=O)N1CCC(F)C(S(=O)(=O)c2ccc(Br)cc2)C1(C)N. The number of carbonyl (C=O) groups is 1. The first-order valence-electron chi connectivity index (χ1n) is 8.20. The molecule has 0 bridgehead atoms. The van der Waals surface area contributed by atoms with Crippen LogP contribution < -0.4 is 5.73 Å². The summed E-state index contributed by atoms with van der Waals surface area (Å²) in [6, 6.07) is 5.88. The van der Waals surface area contributed by atoms with Crippen molar-refractivity contribution in [1.29, 1.82) is 0 Å². The number of sulfone groups is 1. The van der Waals surface area contributed by atoms with E-state index in [1.165, 1.54) is 19.1 Å². The second kappa shape index (κ2) is 7.09. The van der Waals surface area contributed by atoms with Gasteiger partial charge in [0.2, 0.25) is 0 Å². The smallest absolute Gasteiger partial charge is 0.411 e. The zero-order valence-electron chi connectivity index (χ0n) is 15.2. The molecule has 3 atom stereocenters. The summed E-state index contributed by atoms with van der Waals surface area (Å²) in [5.74, 6) is 0. The molecule has 1 aromatic rings. The maximum absolute atomic E-state index is 14.7. The van der Waals surface area contributed by atoms with Gasteiger partial charge in [0, 0.05) is 11.0 Å². The van der Waals surface area contributed by atoms with Gasteiger partial charge in [-0.1, -0.05) is 15.9 Å². The van der Waals surface area contributed by atoms with Crippen LogP contribution in [0.25, 0.3) is 0 Å². The van der Waals surface area contributed by atoms with Gasteiger partial charge in [-0.3, -0.25) is 4.90 Å². The molecule has 1 fully saturated rings. The molecule has 6 nitrogen and oxygen atoms in total. The van der Waals surface area contributed by atoms with Gasteiger partial charge >= 0.3 is 6.09 Å². The van der Waals surface area contributed by atoms with Crippen molar-refractivity contribution < 1.29 is 22.3 Å². The van der Waals surface area contributed by atoms with Crippen molar-refractivity contribution in [3.63, 3.8) is 0 Å². The number of ether oxygens (including phenoxy) is 1. The third-order valence-corrected chi connectivity index (χ3v) is 7.10. The first-order chi connectivity index (χ1) is 11.8. The zero-order valence-corrected chi connectivity index (χ0v) is 17.6. The predicted octanol–water partition coefficient (Wildman–Crippen LogP) is 3.25. The Morgan fingerprint density at radius 1 is 1.35 bits per heavy atom. The lowest BCUT2D eigenvalue weighted by molar-refractivity contribution is -0.0197. The number of halogens is 2. The summed E-state index contributed by atoms with van der Waals surface area (Å²) in [5, 5.41) is -1.60. The molecule has 0 radical (unpaired) electrons. The molecule has 1 saturated heterocycles. The highest BCUT2D eigenvalue weighted by molar-refractivity contribution is 9.10. The average Bonchev–Trinajstić information content (AvgIpc) is 2.44. The van der Waals surface area contributed by atoms with Crippen LogP contribution in [0.15, 0.2) is 33.6 Å². The average molecular weight is 451 g/mol. The van der Waals surface area contributed by atoms with E-state index in [1.807, 2.05) is 0 Å². The standard InChI is InChI=1S/C17H24BrFN2O4S/c1-16(2,3)25-15(22)21-10-9-13(19)14(17(21,4)20)26(23,24)12-7-5-11(18)6-8-12/h5-8,13-14H,9-10,20H2,1-4H3. The van der Waals surface area contributed by atoms with Gasteiger partial charge in [-0.25, -0.2) is 17.6 Å². The highest BCUT2D eigenvalue weighted by atomic mass is 79.9. The van der Waals surface area contributed by atoms with Crippen molar-refractivity contribution in [1.82, 2.24) is 4.90 Å². The van der Waals surface area contributed by atoms with Crippen molar-refractivity contribution in [2.75, 3.05) is 6.54 Å². The van der Waals surface area contributed by atoms with E-state index in [1.54, 1.807) is 32.9 Å². The van der Waals surface area contributed by atoms with E-state index in [0.717, 1.165) is 4.90 Å². The van der Waals surface area contributed by atoms with Crippen LogP contribution in [0.3, 0.4) is 0 Å². The lowest BCUT2D eigenvalue weighted by atomic mass is 9.96. The minimum absolute atomic E-state index is 0.0184. The van der Waals surface area contributed by atoms with Crippen molar-refractivity contribution >= 4 is 31.9 Å². The number of amides is 1. The summed E-state index contributed by atoms with van der Waals surface area (Å²) in [5.41, 5.74) is 3.69. The Hall–Kier alpha value is -1.19. The van der Waals surface area contributed by atoms with E-state index in [9.17, 15) is 17.6 Å². The first-order valence-corrected chi connectivity index (χ1v) is 10.5. The fourth-order valence-electron chi connectivity index (χ4n) is 3.05. The fourth-order valence-corrected chi connectivity index (χ4v) is 5.40. The Bertz CT molecular complexity index is 775. The molecule has 2 N–H and O–H groups in total. The molecule has 2 rings (SSSR count). The fraction of sp³-hybridized carbons (Fsp3) is 0.588. The molecular formula is C17H24BrFN2O4S. The Morgan fingerprint density at radius 2 is 1.88 bits per heavy atom. The molecule has 9 heteroatoms. The van der Waals surface area contributed by atoms with Crippen molar-refractivity contribution in [2.24, 2.45) is 5.73 Å². The minimum atomic E-state index is -4.12. The van der Waals surface area contributed by atoms with E-state index >= 15 is 0 Å². The summed E-state index contributed by atoms with van der Waals surface area (Å²) >= 11 is 3.24. The maximum Gasteiger partial charge on any atom is 0.411 e. The Balaban J connectivity index is 2.43. The van der Waals surface area contributed by atoms with Crippen LogP contribution >= 0.6 is 15.9 Å². The third-order valence-electron chi connectivity index (χ3n) is 4.20. The molecule has 0 spiro atoms. The zero-order chi connectivity index (χ0) is 19.9.